The van der Waals surface area contributed by atoms with E-state index in [1.165, 1.54) is 22.1 Å². The normalized spacial score (nSPS) is 40.3. The van der Waals surface area contributed by atoms with Crippen molar-refractivity contribution in [3.8, 4) is 0 Å². The van der Waals surface area contributed by atoms with Gasteiger partial charge in [0.05, 0.1) is 32.4 Å². The largest absolute Gasteiger partial charge is 0.472 e. The molecule has 0 bridgehead atoms. The molecule has 2 aromatic rings. The number of nitrogens with zero attached hydrogens (tertiary/aromatic N) is 5. The Bertz CT molecular complexity index is 1370. The van der Waals surface area contributed by atoms with Crippen molar-refractivity contribution in [3.05, 3.63) is 12.7 Å². The van der Waals surface area contributed by atoms with Gasteiger partial charge in [0, 0.05) is 0 Å². The lowest BCUT2D eigenvalue weighted by Crippen LogP contribution is -2.71. The molecule has 12 N–H and O–H groups in total. The second kappa shape index (κ2) is 11.2. The zero-order chi connectivity index (χ0) is 29.9. The minimum Gasteiger partial charge on any atom is -0.394 e. The molecule has 4 aliphatic rings. The number of ether oxygens (including phenoxy) is 2. The van der Waals surface area contributed by atoms with Gasteiger partial charge in [0.1, 0.15) is 67.0 Å². The predicted octanol–water partition coefficient (Wildman–Crippen LogP) is -5.87. The molecular weight excluding hydrogens is 587 g/mol. The van der Waals surface area contributed by atoms with Crippen LogP contribution in [0.2, 0.25) is 0 Å². The van der Waals surface area contributed by atoms with Crippen molar-refractivity contribution >= 4 is 30.7 Å². The molecule has 1 amide bonds. The highest BCUT2D eigenvalue weighted by Crippen LogP contribution is 2.49. The maximum Gasteiger partial charge on any atom is 0.472 e. The fourth-order valence-corrected chi connectivity index (χ4v) is 6.44. The first-order chi connectivity index (χ1) is 20.0. The summed E-state index contributed by atoms with van der Waals surface area (Å²) >= 11 is 0. The highest BCUT2D eigenvalue weighted by molar-refractivity contribution is 7.47. The molecule has 42 heavy (non-hydrogen) atoms. The van der Waals surface area contributed by atoms with Gasteiger partial charge in [-0.15, -0.1) is 0 Å². The standard InChI is InChI=1S/C20H31N10O11P/c21-14-8-15(24-3-23-14)29(4-25-8)18-12(34)10(32)7(40-18)2-38-42(36,37)41-13-11(33)6(1-31)39-19(13)30-5-26-9-16(30)27-20(22)28-17(9)35/h3-4,6-7,9-13,16,18-20,26-27,31-34H,1-2,5,22H2,(H,28,35)(H,36,37)(H2,21,23,24). The molecule has 6 heterocycles. The molecule has 12 atom stereocenters. The topological polar surface area (TPSA) is 307 Å². The minimum atomic E-state index is -5.00. The zero-order valence-corrected chi connectivity index (χ0v) is 22.5. The molecule has 2 aromatic heterocycles. The number of aliphatic hydroxyl groups is 4. The first kappa shape index (κ1) is 29.6. The van der Waals surface area contributed by atoms with Crippen LogP contribution in [0.3, 0.4) is 0 Å². The number of imidazole rings is 1. The number of aromatic nitrogens is 4. The monoisotopic (exact) mass is 618 g/mol. The number of carbonyl (C=O) groups excluding carboxylic acids is 1. The predicted molar refractivity (Wildman–Crippen MR) is 135 cm³/mol. The minimum absolute atomic E-state index is 0.0370. The lowest BCUT2D eigenvalue weighted by atomic mass is 10.1. The van der Waals surface area contributed by atoms with Gasteiger partial charge < -0.3 is 45.8 Å². The van der Waals surface area contributed by atoms with E-state index in [2.05, 4.69) is 30.9 Å². The van der Waals surface area contributed by atoms with E-state index < -0.39 is 94.5 Å². The maximum absolute atomic E-state index is 13.0. The van der Waals surface area contributed by atoms with Crippen LogP contribution in [-0.2, 0) is 27.9 Å². The molecule has 4 saturated heterocycles. The van der Waals surface area contributed by atoms with E-state index in [1.807, 2.05) is 0 Å². The van der Waals surface area contributed by atoms with Gasteiger partial charge >= 0.3 is 7.82 Å². The number of hydrogen-bond donors (Lipinski definition) is 10. The molecule has 232 valence electrons. The first-order valence-corrected chi connectivity index (χ1v) is 14.3. The van der Waals surface area contributed by atoms with Crippen molar-refractivity contribution in [1.29, 1.82) is 0 Å². The van der Waals surface area contributed by atoms with Gasteiger partial charge in [0.2, 0.25) is 5.91 Å². The van der Waals surface area contributed by atoms with E-state index in [-0.39, 0.29) is 23.7 Å². The lowest BCUT2D eigenvalue weighted by Gasteiger charge is -2.38. The molecule has 0 saturated carbocycles. The molecule has 4 fully saturated rings. The summed E-state index contributed by atoms with van der Waals surface area (Å²) < 4.78 is 36.2. The zero-order valence-electron chi connectivity index (χ0n) is 21.7. The number of anilines is 1. The number of nitrogens with two attached hydrogens (primary N) is 2. The van der Waals surface area contributed by atoms with E-state index in [0.29, 0.717) is 0 Å². The van der Waals surface area contributed by atoms with E-state index in [4.69, 9.17) is 30.0 Å². The third kappa shape index (κ3) is 5.16. The van der Waals surface area contributed by atoms with Gasteiger partial charge in [-0.05, 0) is 0 Å². The van der Waals surface area contributed by atoms with Gasteiger partial charge in [-0.25, -0.2) is 24.4 Å². The van der Waals surface area contributed by atoms with Gasteiger partial charge in [-0.2, -0.15) is 0 Å². The van der Waals surface area contributed by atoms with Crippen LogP contribution in [0.4, 0.5) is 5.82 Å². The molecule has 21 nitrogen and oxygen atoms in total. The third-order valence-corrected chi connectivity index (χ3v) is 8.56. The Hall–Kier alpha value is -2.47. The first-order valence-electron chi connectivity index (χ1n) is 12.8. The molecular formula is C20H31N10O11P. The molecule has 22 heteroatoms. The Balaban J connectivity index is 1.14. The van der Waals surface area contributed by atoms with Gasteiger partial charge in [-0.3, -0.25) is 34.8 Å². The quantitative estimate of drug-likeness (QED) is 0.123. The average Bonchev–Trinajstić information content (AvgIpc) is 3.69. The molecule has 0 aliphatic carbocycles. The van der Waals surface area contributed by atoms with Gasteiger partial charge in [-0.1, -0.05) is 0 Å². The lowest BCUT2D eigenvalue weighted by molar-refractivity contribution is -0.133. The van der Waals surface area contributed by atoms with Gasteiger partial charge in [0.15, 0.2) is 17.7 Å². The molecule has 0 aromatic carbocycles. The fourth-order valence-electron chi connectivity index (χ4n) is 5.50. The summed E-state index contributed by atoms with van der Waals surface area (Å²) in [5.74, 6) is -0.301. The second-order valence-electron chi connectivity index (χ2n) is 10.2. The number of nitrogens with one attached hydrogen (secondary N) is 3. The van der Waals surface area contributed by atoms with E-state index in [0.717, 1.165) is 0 Å². The Labute approximate surface area is 236 Å². The number of hydrogen-bond acceptors (Lipinski definition) is 18. The van der Waals surface area contributed by atoms with E-state index >= 15 is 0 Å². The summed E-state index contributed by atoms with van der Waals surface area (Å²) in [6, 6.07) is -0.757. The number of aliphatic hydroxyl groups excluding tert-OH is 4. The van der Waals surface area contributed by atoms with Crippen molar-refractivity contribution in [3.63, 3.8) is 0 Å². The summed E-state index contributed by atoms with van der Waals surface area (Å²) in [4.78, 5) is 36.4. The number of phosphoric ester groups is 1. The van der Waals surface area contributed by atoms with Crippen LogP contribution < -0.4 is 27.4 Å². The van der Waals surface area contributed by atoms with Crippen molar-refractivity contribution < 1.29 is 53.2 Å². The summed E-state index contributed by atoms with van der Waals surface area (Å²) in [7, 11) is -5.00. The number of amides is 1. The Morgan fingerprint density at radius 3 is 2.64 bits per heavy atom. The number of rotatable bonds is 8. The third-order valence-electron chi connectivity index (χ3n) is 7.57. The summed E-state index contributed by atoms with van der Waals surface area (Å²) in [5, 5.41) is 50.0. The van der Waals surface area contributed by atoms with Crippen LogP contribution in [0, 0.1) is 0 Å². The SMILES string of the molecule is Nc1ncnc2c1ncn2C1OC(COP(=O)(O)OC2C(O)C(CO)OC2N2CNC3C(=O)NC(N)NC32)C(O)C1O. The van der Waals surface area contributed by atoms with Crippen LogP contribution in [0.1, 0.15) is 6.23 Å². The number of carbonyl (C=O) groups is 1. The highest BCUT2D eigenvalue weighted by Gasteiger charge is 2.55. The van der Waals surface area contributed by atoms with Crippen LogP contribution in [0.15, 0.2) is 12.7 Å². The van der Waals surface area contributed by atoms with Crippen molar-refractivity contribution in [2.45, 2.75) is 67.6 Å². The molecule has 0 spiro atoms. The van der Waals surface area contributed by atoms with Gasteiger partial charge in [0.25, 0.3) is 0 Å². The Morgan fingerprint density at radius 2 is 1.88 bits per heavy atom. The number of nitrogen functional groups attached to an aromatic ring is 1. The number of phosphoric acid groups is 1. The van der Waals surface area contributed by atoms with Crippen molar-refractivity contribution in [2.24, 2.45) is 5.73 Å². The second-order valence-corrected chi connectivity index (χ2v) is 11.6. The Kier molecular flexibility index (Phi) is 7.91. The van der Waals surface area contributed by atoms with Crippen LogP contribution in [0.25, 0.3) is 11.2 Å². The highest BCUT2D eigenvalue weighted by atomic mass is 31.2. The smallest absolute Gasteiger partial charge is 0.394 e. The van der Waals surface area contributed by atoms with Crippen molar-refractivity contribution in [2.75, 3.05) is 25.6 Å². The molecule has 6 rings (SSSR count). The fraction of sp³-hybridized carbons (Fsp3) is 0.700. The van der Waals surface area contributed by atoms with Crippen molar-refractivity contribution in [1.82, 2.24) is 40.4 Å². The Morgan fingerprint density at radius 1 is 1.12 bits per heavy atom. The number of fused-ring (bicyclic) bond motifs is 2. The van der Waals surface area contributed by atoms with Crippen LogP contribution in [0.5, 0.6) is 0 Å². The van der Waals surface area contributed by atoms with E-state index in [1.54, 1.807) is 0 Å². The average molecular weight is 619 g/mol. The molecule has 0 radical (unpaired) electrons. The summed E-state index contributed by atoms with van der Waals surface area (Å²) in [6.07, 6.45) is -10.2. The molecule has 12 unspecified atom stereocenters. The van der Waals surface area contributed by atoms with Crippen LogP contribution in [-0.4, -0.2) is 137 Å². The molecule has 4 aliphatic heterocycles. The summed E-state index contributed by atoms with van der Waals surface area (Å²) in [5.41, 5.74) is 12.1. The van der Waals surface area contributed by atoms with E-state index in [9.17, 15) is 34.7 Å². The summed E-state index contributed by atoms with van der Waals surface area (Å²) in [6.45, 7) is -1.32. The van der Waals surface area contributed by atoms with Crippen LogP contribution >= 0.6 is 7.82 Å². The maximum atomic E-state index is 13.0.